The Balaban J connectivity index is 2.07. The maximum absolute atomic E-state index is 11.1. The fourth-order valence-corrected chi connectivity index (χ4v) is 1.95. The first-order valence-electron chi connectivity index (χ1n) is 5.46. The van der Waals surface area contributed by atoms with Crippen LogP contribution in [0.1, 0.15) is 22.2 Å². The van der Waals surface area contributed by atoms with E-state index in [-0.39, 0.29) is 5.15 Å². The van der Waals surface area contributed by atoms with Gasteiger partial charge in [-0.15, -0.1) is 0 Å². The van der Waals surface area contributed by atoms with Crippen molar-refractivity contribution in [1.82, 2.24) is 9.97 Å². The van der Waals surface area contributed by atoms with E-state index in [0.717, 1.165) is 0 Å². The quantitative estimate of drug-likeness (QED) is 0.846. The first-order valence-corrected chi connectivity index (χ1v) is 5.84. The van der Waals surface area contributed by atoms with Gasteiger partial charge in [-0.1, -0.05) is 11.6 Å². The molecule has 0 aliphatic carbocycles. The lowest BCUT2D eigenvalue weighted by atomic mass is 10.2. The van der Waals surface area contributed by atoms with Crippen LogP contribution < -0.4 is 16.4 Å². The molecule has 1 amide bonds. The van der Waals surface area contributed by atoms with E-state index in [1.54, 1.807) is 24.4 Å². The van der Waals surface area contributed by atoms with Gasteiger partial charge in [-0.2, -0.15) is 0 Å². The van der Waals surface area contributed by atoms with Crippen molar-refractivity contribution in [3.63, 3.8) is 0 Å². The summed E-state index contributed by atoms with van der Waals surface area (Å²) in [6, 6.07) is 4.93. The van der Waals surface area contributed by atoms with Crippen molar-refractivity contribution in [2.75, 3.05) is 0 Å². The van der Waals surface area contributed by atoms with E-state index in [1.807, 2.05) is 0 Å². The van der Waals surface area contributed by atoms with Gasteiger partial charge in [-0.3, -0.25) is 9.78 Å². The molecule has 1 unspecified atom stereocenters. The summed E-state index contributed by atoms with van der Waals surface area (Å²) in [5, 5.41) is 1.59. The Bertz CT molecular complexity index is 789. The summed E-state index contributed by atoms with van der Waals surface area (Å²) in [5.41, 5.74) is 6.18. The number of primary amides is 1. The van der Waals surface area contributed by atoms with Crippen molar-refractivity contribution in [2.24, 2.45) is 15.7 Å². The molecule has 0 fully saturated rings. The van der Waals surface area contributed by atoms with Gasteiger partial charge in [0.05, 0.1) is 23.1 Å². The summed E-state index contributed by atoms with van der Waals surface area (Å²) in [5.74, 6) is -0.496. The average Bonchev–Trinajstić information content (AvgIpc) is 2.81. The zero-order valence-corrected chi connectivity index (χ0v) is 10.4. The second-order valence-corrected chi connectivity index (χ2v) is 4.35. The maximum Gasteiger partial charge on any atom is 0.248 e. The van der Waals surface area contributed by atoms with Crippen LogP contribution in [-0.2, 0) is 0 Å². The zero-order chi connectivity index (χ0) is 13.4. The van der Waals surface area contributed by atoms with E-state index < -0.39 is 12.1 Å². The largest absolute Gasteiger partial charge is 0.366 e. The highest BCUT2D eigenvalue weighted by molar-refractivity contribution is 6.29. The van der Waals surface area contributed by atoms with Crippen molar-refractivity contribution >= 4 is 17.5 Å². The Morgan fingerprint density at radius 1 is 1.21 bits per heavy atom. The van der Waals surface area contributed by atoms with Gasteiger partial charge in [-0.25, -0.2) is 15.0 Å². The molecule has 1 aliphatic rings. The number of carbonyl (C=O) groups is 1. The maximum atomic E-state index is 11.1. The number of nitrogens with zero attached hydrogens (tertiary/aromatic N) is 4. The van der Waals surface area contributed by atoms with Crippen molar-refractivity contribution in [1.29, 1.82) is 0 Å². The molecule has 19 heavy (non-hydrogen) atoms. The van der Waals surface area contributed by atoms with E-state index in [0.29, 0.717) is 22.0 Å². The van der Waals surface area contributed by atoms with E-state index in [1.165, 1.54) is 6.20 Å². The van der Waals surface area contributed by atoms with Gasteiger partial charge in [-0.05, 0) is 18.2 Å². The summed E-state index contributed by atoms with van der Waals surface area (Å²) in [6.07, 6.45) is 2.52. The highest BCUT2D eigenvalue weighted by Gasteiger charge is 2.15. The Labute approximate surface area is 112 Å². The molecule has 1 atom stereocenters. The highest BCUT2D eigenvalue weighted by atomic mass is 35.5. The predicted molar refractivity (Wildman–Crippen MR) is 67.1 cm³/mol. The number of carbonyl (C=O) groups excluding carboxylic acids is 1. The van der Waals surface area contributed by atoms with E-state index in [2.05, 4.69) is 20.0 Å². The molecule has 6 nitrogen and oxygen atoms in total. The molecule has 2 heterocycles. The van der Waals surface area contributed by atoms with Crippen molar-refractivity contribution in [3.8, 4) is 0 Å². The zero-order valence-electron chi connectivity index (χ0n) is 9.62. The van der Waals surface area contributed by atoms with Gasteiger partial charge in [0, 0.05) is 5.56 Å². The second-order valence-electron chi connectivity index (χ2n) is 3.97. The fraction of sp³-hybridized carbons (Fsp3) is 0.0833. The summed E-state index contributed by atoms with van der Waals surface area (Å²) in [6.45, 7) is 0. The van der Waals surface area contributed by atoms with Gasteiger partial charge < -0.3 is 5.73 Å². The third kappa shape index (κ3) is 2.17. The van der Waals surface area contributed by atoms with Crippen molar-refractivity contribution in [2.45, 2.75) is 6.17 Å². The number of amides is 1. The van der Waals surface area contributed by atoms with Gasteiger partial charge in [0.2, 0.25) is 5.91 Å². The number of rotatable bonds is 2. The van der Waals surface area contributed by atoms with Crippen LogP contribution >= 0.6 is 11.6 Å². The topological polar surface area (TPSA) is 93.6 Å². The van der Waals surface area contributed by atoms with Crippen molar-refractivity contribution < 1.29 is 4.79 Å². The lowest BCUT2D eigenvalue weighted by Crippen LogP contribution is -2.24. The second kappa shape index (κ2) is 4.40. The first-order chi connectivity index (χ1) is 9.13. The van der Waals surface area contributed by atoms with Crippen LogP contribution in [0.25, 0.3) is 0 Å². The van der Waals surface area contributed by atoms with Gasteiger partial charge >= 0.3 is 0 Å². The molecule has 0 bridgehead atoms. The number of fused-ring (bicyclic) bond motifs is 1. The molecule has 1 aromatic carbocycles. The van der Waals surface area contributed by atoms with Crippen LogP contribution in [0.3, 0.4) is 0 Å². The monoisotopic (exact) mass is 273 g/mol. The molecule has 94 valence electrons. The predicted octanol–water partition coefficient (Wildman–Crippen LogP) is 0.181. The Morgan fingerprint density at radius 3 is 2.74 bits per heavy atom. The third-order valence-corrected chi connectivity index (χ3v) is 2.85. The SMILES string of the molecule is NC(=O)c1ccc2c(c1)=NC(c1cncc(Cl)n1)N=2. The molecular formula is C12H8ClN5O. The van der Waals surface area contributed by atoms with E-state index in [4.69, 9.17) is 17.3 Å². The summed E-state index contributed by atoms with van der Waals surface area (Å²) in [4.78, 5) is 27.9. The molecule has 1 aliphatic heterocycles. The number of nitrogens with two attached hydrogens (primary N) is 1. The minimum Gasteiger partial charge on any atom is -0.366 e. The van der Waals surface area contributed by atoms with Gasteiger partial charge in [0.15, 0.2) is 6.17 Å². The van der Waals surface area contributed by atoms with Crippen LogP contribution in [0.15, 0.2) is 40.6 Å². The summed E-state index contributed by atoms with van der Waals surface area (Å²) in [7, 11) is 0. The number of aromatic nitrogens is 2. The minimum atomic E-state index is -0.496. The van der Waals surface area contributed by atoms with Crippen LogP contribution in [0.4, 0.5) is 0 Å². The molecule has 0 radical (unpaired) electrons. The average molecular weight is 274 g/mol. The van der Waals surface area contributed by atoms with Crippen LogP contribution in [0, 0.1) is 0 Å². The first kappa shape index (κ1) is 11.7. The number of hydrogen-bond donors (Lipinski definition) is 1. The molecule has 2 aromatic rings. The molecule has 0 spiro atoms. The van der Waals surface area contributed by atoms with E-state index in [9.17, 15) is 4.79 Å². The molecule has 7 heteroatoms. The molecule has 2 N–H and O–H groups in total. The van der Waals surface area contributed by atoms with E-state index >= 15 is 0 Å². The summed E-state index contributed by atoms with van der Waals surface area (Å²) < 4.78 is 0. The molecular weight excluding hydrogens is 266 g/mol. The Kier molecular flexibility index (Phi) is 2.72. The van der Waals surface area contributed by atoms with Gasteiger partial charge in [0.1, 0.15) is 10.8 Å². The molecule has 3 rings (SSSR count). The lowest BCUT2D eigenvalue weighted by molar-refractivity contribution is 0.1000. The Hall–Kier alpha value is -2.34. The summed E-state index contributed by atoms with van der Waals surface area (Å²) >= 11 is 5.78. The smallest absolute Gasteiger partial charge is 0.248 e. The van der Waals surface area contributed by atoms with Crippen LogP contribution in [0.5, 0.6) is 0 Å². The third-order valence-electron chi connectivity index (χ3n) is 2.67. The Morgan fingerprint density at radius 2 is 2.00 bits per heavy atom. The minimum absolute atomic E-state index is 0.289. The standard InChI is InChI=1S/C12H8ClN5O/c13-10-5-15-4-9(16-10)12-17-7-2-1-6(11(14)19)3-8(7)18-12/h1-5,12H,(H2,14,19). The van der Waals surface area contributed by atoms with Crippen molar-refractivity contribution in [3.05, 3.63) is 57.7 Å². The fourth-order valence-electron chi connectivity index (χ4n) is 1.79. The molecule has 0 saturated carbocycles. The molecule has 0 saturated heterocycles. The van der Waals surface area contributed by atoms with Gasteiger partial charge in [0.25, 0.3) is 0 Å². The number of halogens is 1. The lowest BCUT2D eigenvalue weighted by Gasteiger charge is -2.01. The number of hydrogen-bond acceptors (Lipinski definition) is 5. The van der Waals surface area contributed by atoms with Crippen LogP contribution in [0.2, 0.25) is 5.15 Å². The molecule has 1 aromatic heterocycles. The highest BCUT2D eigenvalue weighted by Crippen LogP contribution is 2.17. The normalized spacial score (nSPS) is 16.4. The number of benzene rings is 1. The van der Waals surface area contributed by atoms with Crippen LogP contribution in [-0.4, -0.2) is 15.9 Å².